The minimum absolute atomic E-state index is 0.162. The molecule has 0 saturated carbocycles. The molecule has 1 aromatic rings. The number of hydrogen-bond acceptors (Lipinski definition) is 3. The molecule has 2 N–H and O–H groups in total. The summed E-state index contributed by atoms with van der Waals surface area (Å²) in [4.78, 5) is 25.0. The number of urea groups is 1. The molecule has 0 bridgehead atoms. The standard InChI is InChI=1S/C14H18N2O3S/c1-9-7-11(8-12(10(9)2)13(17)18)15-14(19)16-3-5-20-6-4-16/h7-8H,3-6H2,1-2H3,(H,15,19)(H,17,18). The van der Waals surface area contributed by atoms with E-state index in [0.717, 1.165) is 35.7 Å². The molecule has 0 unspecified atom stereocenters. The summed E-state index contributed by atoms with van der Waals surface area (Å²) in [7, 11) is 0. The van der Waals surface area contributed by atoms with Crippen molar-refractivity contribution in [3.63, 3.8) is 0 Å². The molecule has 1 fully saturated rings. The minimum Gasteiger partial charge on any atom is -0.478 e. The minimum atomic E-state index is -0.976. The lowest BCUT2D eigenvalue weighted by Crippen LogP contribution is -2.40. The Morgan fingerprint density at radius 3 is 2.50 bits per heavy atom. The highest BCUT2D eigenvalue weighted by molar-refractivity contribution is 7.99. The fourth-order valence-corrected chi connectivity index (χ4v) is 3.03. The molecule has 1 aromatic carbocycles. The van der Waals surface area contributed by atoms with Crippen LogP contribution in [-0.2, 0) is 0 Å². The van der Waals surface area contributed by atoms with Crippen LogP contribution in [0.1, 0.15) is 21.5 Å². The van der Waals surface area contributed by atoms with Crippen LogP contribution < -0.4 is 5.32 Å². The Balaban J connectivity index is 2.16. The van der Waals surface area contributed by atoms with Crippen LogP contribution in [0.5, 0.6) is 0 Å². The Kier molecular flexibility index (Phi) is 4.54. The molecule has 1 aliphatic rings. The van der Waals surface area contributed by atoms with E-state index in [-0.39, 0.29) is 11.6 Å². The van der Waals surface area contributed by atoms with Gasteiger partial charge in [-0.15, -0.1) is 0 Å². The molecule has 0 aromatic heterocycles. The van der Waals surface area contributed by atoms with Crippen molar-refractivity contribution in [3.05, 3.63) is 28.8 Å². The summed E-state index contributed by atoms with van der Waals surface area (Å²) >= 11 is 1.83. The summed E-state index contributed by atoms with van der Waals surface area (Å²) in [5.41, 5.74) is 2.35. The summed E-state index contributed by atoms with van der Waals surface area (Å²) in [6, 6.07) is 3.16. The van der Waals surface area contributed by atoms with Gasteiger partial charge in [0.1, 0.15) is 0 Å². The SMILES string of the molecule is Cc1cc(NC(=O)N2CCSCC2)cc(C(=O)O)c1C. The Morgan fingerprint density at radius 2 is 1.90 bits per heavy atom. The van der Waals surface area contributed by atoms with Gasteiger partial charge in [0.2, 0.25) is 0 Å². The first-order valence-corrected chi connectivity index (χ1v) is 7.62. The van der Waals surface area contributed by atoms with Gasteiger partial charge in [0.15, 0.2) is 0 Å². The van der Waals surface area contributed by atoms with Crippen LogP contribution in [0.25, 0.3) is 0 Å². The lowest BCUT2D eigenvalue weighted by molar-refractivity contribution is 0.0696. The number of nitrogens with one attached hydrogen (secondary N) is 1. The third-order valence-electron chi connectivity index (χ3n) is 3.45. The fraction of sp³-hybridized carbons (Fsp3) is 0.429. The third-order valence-corrected chi connectivity index (χ3v) is 4.39. The first-order valence-electron chi connectivity index (χ1n) is 6.47. The first-order chi connectivity index (χ1) is 9.49. The maximum atomic E-state index is 12.1. The predicted molar refractivity (Wildman–Crippen MR) is 80.8 cm³/mol. The van der Waals surface area contributed by atoms with Crippen LogP contribution in [0.2, 0.25) is 0 Å². The zero-order chi connectivity index (χ0) is 14.7. The first kappa shape index (κ1) is 14.7. The second-order valence-corrected chi connectivity index (χ2v) is 6.03. The summed E-state index contributed by atoms with van der Waals surface area (Å²) in [6.45, 7) is 5.07. The van der Waals surface area contributed by atoms with E-state index in [9.17, 15) is 14.7 Å². The molecule has 1 saturated heterocycles. The Morgan fingerprint density at radius 1 is 1.25 bits per heavy atom. The third kappa shape index (κ3) is 3.25. The number of hydrogen-bond donors (Lipinski definition) is 2. The highest BCUT2D eigenvalue weighted by Gasteiger charge is 2.18. The molecular formula is C14H18N2O3S. The number of nitrogens with zero attached hydrogens (tertiary/aromatic N) is 1. The summed E-state index contributed by atoms with van der Waals surface area (Å²) in [5.74, 6) is 0.914. The van der Waals surface area contributed by atoms with Crippen LogP contribution in [-0.4, -0.2) is 46.6 Å². The molecule has 2 rings (SSSR count). The molecule has 5 nitrogen and oxygen atoms in total. The summed E-state index contributed by atoms with van der Waals surface area (Å²) in [5, 5.41) is 12.0. The van der Waals surface area contributed by atoms with Gasteiger partial charge >= 0.3 is 12.0 Å². The number of anilines is 1. The lowest BCUT2D eigenvalue weighted by Gasteiger charge is -2.26. The van der Waals surface area contributed by atoms with Crippen molar-refractivity contribution in [1.82, 2.24) is 4.90 Å². The second-order valence-electron chi connectivity index (χ2n) is 4.80. The van der Waals surface area contributed by atoms with Gasteiger partial charge in [-0.1, -0.05) is 0 Å². The zero-order valence-corrected chi connectivity index (χ0v) is 12.4. The molecule has 0 spiro atoms. The average molecular weight is 294 g/mol. The Labute approximate surface area is 122 Å². The van der Waals surface area contributed by atoms with Crippen molar-refractivity contribution >= 4 is 29.4 Å². The van der Waals surface area contributed by atoms with Crippen LogP contribution in [0.15, 0.2) is 12.1 Å². The number of carbonyl (C=O) groups excluding carboxylic acids is 1. The summed E-state index contributed by atoms with van der Waals surface area (Å²) < 4.78 is 0. The molecule has 6 heteroatoms. The maximum absolute atomic E-state index is 12.1. The number of aryl methyl sites for hydroxylation is 1. The van der Waals surface area contributed by atoms with Crippen LogP contribution >= 0.6 is 11.8 Å². The molecule has 0 radical (unpaired) electrons. The van der Waals surface area contributed by atoms with Gasteiger partial charge in [0.25, 0.3) is 0 Å². The van der Waals surface area contributed by atoms with E-state index in [4.69, 9.17) is 0 Å². The van der Waals surface area contributed by atoms with Gasteiger partial charge in [0, 0.05) is 30.3 Å². The molecule has 1 aliphatic heterocycles. The number of thioether (sulfide) groups is 1. The Bertz CT molecular complexity index is 539. The molecule has 20 heavy (non-hydrogen) atoms. The van der Waals surface area contributed by atoms with Crippen molar-refractivity contribution in [2.75, 3.05) is 29.9 Å². The fourth-order valence-electron chi connectivity index (χ4n) is 2.12. The van der Waals surface area contributed by atoms with Gasteiger partial charge in [-0.25, -0.2) is 9.59 Å². The van der Waals surface area contributed by atoms with E-state index < -0.39 is 5.97 Å². The predicted octanol–water partition coefficient (Wildman–Crippen LogP) is 2.58. The van der Waals surface area contributed by atoms with E-state index in [1.807, 2.05) is 18.7 Å². The zero-order valence-electron chi connectivity index (χ0n) is 11.6. The molecule has 0 atom stereocenters. The van der Waals surface area contributed by atoms with Crippen LogP contribution in [0, 0.1) is 13.8 Å². The van der Waals surface area contributed by atoms with Gasteiger partial charge in [-0.2, -0.15) is 11.8 Å². The van der Waals surface area contributed by atoms with Gasteiger partial charge in [0.05, 0.1) is 5.56 Å². The van der Waals surface area contributed by atoms with E-state index >= 15 is 0 Å². The van der Waals surface area contributed by atoms with Gasteiger partial charge in [-0.3, -0.25) is 0 Å². The molecular weight excluding hydrogens is 276 g/mol. The largest absolute Gasteiger partial charge is 0.478 e. The van der Waals surface area contributed by atoms with Crippen LogP contribution in [0.4, 0.5) is 10.5 Å². The van der Waals surface area contributed by atoms with E-state index in [1.54, 1.807) is 17.9 Å². The number of aromatic carboxylic acids is 1. The van der Waals surface area contributed by atoms with Gasteiger partial charge < -0.3 is 15.3 Å². The van der Waals surface area contributed by atoms with Crippen molar-refractivity contribution in [3.8, 4) is 0 Å². The average Bonchev–Trinajstić information content (AvgIpc) is 2.43. The normalized spacial score (nSPS) is 15.0. The molecule has 0 aliphatic carbocycles. The molecule has 2 amide bonds. The monoisotopic (exact) mass is 294 g/mol. The number of carbonyl (C=O) groups is 2. The highest BCUT2D eigenvalue weighted by atomic mass is 32.2. The number of rotatable bonds is 2. The second kappa shape index (κ2) is 6.17. The van der Waals surface area contributed by atoms with Gasteiger partial charge in [-0.05, 0) is 37.1 Å². The van der Waals surface area contributed by atoms with Crippen molar-refractivity contribution in [1.29, 1.82) is 0 Å². The Hall–Kier alpha value is -1.69. The quantitative estimate of drug-likeness (QED) is 0.879. The lowest BCUT2D eigenvalue weighted by atomic mass is 10.0. The van der Waals surface area contributed by atoms with Crippen molar-refractivity contribution in [2.24, 2.45) is 0 Å². The number of benzene rings is 1. The molecule has 1 heterocycles. The number of amides is 2. The summed E-state index contributed by atoms with van der Waals surface area (Å²) in [6.07, 6.45) is 0. The smallest absolute Gasteiger partial charge is 0.336 e. The van der Waals surface area contributed by atoms with Crippen molar-refractivity contribution in [2.45, 2.75) is 13.8 Å². The number of carboxylic acids is 1. The maximum Gasteiger partial charge on any atom is 0.336 e. The van der Waals surface area contributed by atoms with Crippen molar-refractivity contribution < 1.29 is 14.7 Å². The highest BCUT2D eigenvalue weighted by Crippen LogP contribution is 2.21. The van der Waals surface area contributed by atoms with E-state index in [1.165, 1.54) is 6.07 Å². The topological polar surface area (TPSA) is 69.6 Å². The van der Waals surface area contributed by atoms with Crippen LogP contribution in [0.3, 0.4) is 0 Å². The number of carboxylic acid groups (broad SMARTS) is 1. The van der Waals surface area contributed by atoms with E-state index in [0.29, 0.717) is 5.69 Å². The molecule has 108 valence electrons. The van der Waals surface area contributed by atoms with E-state index in [2.05, 4.69) is 5.32 Å².